The zero-order valence-electron chi connectivity index (χ0n) is 12.0. The molecule has 0 aromatic heterocycles. The first-order valence-corrected chi connectivity index (χ1v) is 8.39. The van der Waals surface area contributed by atoms with Gasteiger partial charge in [0.25, 0.3) is 5.91 Å². The summed E-state index contributed by atoms with van der Waals surface area (Å²) in [6.45, 7) is -0.303. The number of primary amides is 1. The molecule has 1 aromatic carbocycles. The summed E-state index contributed by atoms with van der Waals surface area (Å²) in [5.41, 5.74) is 4.93. The third-order valence-corrected chi connectivity index (χ3v) is 5.35. The van der Waals surface area contributed by atoms with Gasteiger partial charge in [-0.05, 0) is 31.4 Å². The maximum Gasteiger partial charge on any atom is 0.324 e. The van der Waals surface area contributed by atoms with Crippen LogP contribution in [0.2, 0.25) is 0 Å². The molecule has 1 aliphatic heterocycles. The van der Waals surface area contributed by atoms with Gasteiger partial charge in [0.2, 0.25) is 10.0 Å². The monoisotopic (exact) mass is 326 g/mol. The van der Waals surface area contributed by atoms with Crippen LogP contribution in [0.25, 0.3) is 0 Å². The van der Waals surface area contributed by atoms with Crippen molar-refractivity contribution in [1.29, 1.82) is 0 Å². The number of hydrogen-bond donors (Lipinski definition) is 1. The van der Waals surface area contributed by atoms with E-state index in [1.165, 1.54) is 12.1 Å². The molecule has 0 aliphatic carbocycles. The Bertz CT molecular complexity index is 644. The highest BCUT2D eigenvalue weighted by Crippen LogP contribution is 2.26. The first-order chi connectivity index (χ1) is 10.4. The highest BCUT2D eigenvalue weighted by molar-refractivity contribution is 7.89. The lowest BCUT2D eigenvalue weighted by molar-refractivity contribution is -0.152. The van der Waals surface area contributed by atoms with Gasteiger partial charge in [-0.3, -0.25) is 9.59 Å². The molecule has 0 saturated carbocycles. The van der Waals surface area contributed by atoms with Crippen molar-refractivity contribution in [3.05, 3.63) is 30.3 Å². The second kappa shape index (κ2) is 6.89. The van der Waals surface area contributed by atoms with Crippen LogP contribution in [-0.4, -0.2) is 43.8 Å². The molecule has 1 fully saturated rings. The van der Waals surface area contributed by atoms with Crippen molar-refractivity contribution >= 4 is 21.9 Å². The van der Waals surface area contributed by atoms with E-state index in [1.807, 2.05) is 0 Å². The van der Waals surface area contributed by atoms with Gasteiger partial charge in [0.15, 0.2) is 6.61 Å². The Hall–Kier alpha value is -1.93. The lowest BCUT2D eigenvalue weighted by Gasteiger charge is -2.32. The number of carbonyl (C=O) groups is 2. The maximum atomic E-state index is 12.7. The standard InChI is InChI=1S/C14H18N2O5S/c15-13(17)10-21-14(18)12-8-4-5-9-16(12)22(19,20)11-6-2-1-3-7-11/h1-3,6-7,12H,4-5,8-10H2,(H2,15,17)/t12-/m0/s1. The Morgan fingerprint density at radius 3 is 2.55 bits per heavy atom. The first kappa shape index (κ1) is 16.4. The second-order valence-corrected chi connectivity index (χ2v) is 6.90. The number of piperidine rings is 1. The lowest BCUT2D eigenvalue weighted by atomic mass is 10.1. The SMILES string of the molecule is NC(=O)COC(=O)[C@@H]1CCCCN1S(=O)(=O)c1ccccc1. The van der Waals surface area contributed by atoms with Crippen molar-refractivity contribution in [2.24, 2.45) is 5.73 Å². The molecule has 1 saturated heterocycles. The second-order valence-electron chi connectivity index (χ2n) is 5.01. The van der Waals surface area contributed by atoms with Gasteiger partial charge in [-0.1, -0.05) is 18.2 Å². The van der Waals surface area contributed by atoms with Crippen molar-refractivity contribution in [3.63, 3.8) is 0 Å². The molecule has 1 atom stereocenters. The van der Waals surface area contributed by atoms with Crippen molar-refractivity contribution in [2.75, 3.05) is 13.2 Å². The van der Waals surface area contributed by atoms with Gasteiger partial charge in [-0.25, -0.2) is 8.42 Å². The Morgan fingerprint density at radius 1 is 1.23 bits per heavy atom. The molecule has 2 rings (SSSR count). The van der Waals surface area contributed by atoms with Crippen LogP contribution in [0.1, 0.15) is 19.3 Å². The summed E-state index contributed by atoms with van der Waals surface area (Å²) in [4.78, 5) is 22.9. The molecule has 0 bridgehead atoms. The largest absolute Gasteiger partial charge is 0.454 e. The topological polar surface area (TPSA) is 107 Å². The van der Waals surface area contributed by atoms with Gasteiger partial charge in [0.05, 0.1) is 4.90 Å². The summed E-state index contributed by atoms with van der Waals surface area (Å²) in [7, 11) is -3.78. The van der Waals surface area contributed by atoms with E-state index in [9.17, 15) is 18.0 Å². The average Bonchev–Trinajstić information content (AvgIpc) is 2.53. The van der Waals surface area contributed by atoms with E-state index in [2.05, 4.69) is 0 Å². The molecule has 8 heteroatoms. The first-order valence-electron chi connectivity index (χ1n) is 6.95. The number of amides is 1. The maximum absolute atomic E-state index is 12.7. The Morgan fingerprint density at radius 2 is 1.91 bits per heavy atom. The molecule has 0 radical (unpaired) electrons. The third kappa shape index (κ3) is 3.63. The Balaban J connectivity index is 2.23. The summed E-state index contributed by atoms with van der Waals surface area (Å²) in [5, 5.41) is 0. The van der Waals surface area contributed by atoms with Crippen molar-refractivity contribution < 1.29 is 22.7 Å². The molecule has 1 aliphatic rings. The molecule has 7 nitrogen and oxygen atoms in total. The quantitative estimate of drug-likeness (QED) is 0.781. The summed E-state index contributed by atoms with van der Waals surface area (Å²) in [5.74, 6) is -1.51. The minimum atomic E-state index is -3.78. The highest BCUT2D eigenvalue weighted by Gasteiger charge is 2.38. The summed E-state index contributed by atoms with van der Waals surface area (Å²) in [6.07, 6.45) is 1.76. The summed E-state index contributed by atoms with van der Waals surface area (Å²) < 4.78 is 31.3. The molecule has 1 aromatic rings. The Labute approximate surface area is 129 Å². The van der Waals surface area contributed by atoms with Gasteiger partial charge in [-0.2, -0.15) is 4.31 Å². The number of hydrogen-bond acceptors (Lipinski definition) is 5. The fourth-order valence-electron chi connectivity index (χ4n) is 2.39. The third-order valence-electron chi connectivity index (χ3n) is 3.43. The molecule has 120 valence electrons. The number of benzene rings is 1. The molecular formula is C14H18N2O5S. The molecule has 1 heterocycles. The minimum Gasteiger partial charge on any atom is -0.454 e. The minimum absolute atomic E-state index is 0.129. The summed E-state index contributed by atoms with van der Waals surface area (Å²) in [6, 6.07) is 7.01. The zero-order valence-corrected chi connectivity index (χ0v) is 12.8. The van der Waals surface area contributed by atoms with E-state index in [4.69, 9.17) is 10.5 Å². The van der Waals surface area contributed by atoms with Crippen LogP contribution in [0.4, 0.5) is 0 Å². The molecule has 0 spiro atoms. The molecule has 22 heavy (non-hydrogen) atoms. The zero-order chi connectivity index (χ0) is 16.2. The smallest absolute Gasteiger partial charge is 0.324 e. The van der Waals surface area contributed by atoms with Gasteiger partial charge in [0, 0.05) is 6.54 Å². The Kier molecular flexibility index (Phi) is 5.15. The van der Waals surface area contributed by atoms with Crippen LogP contribution >= 0.6 is 0 Å². The molecule has 1 amide bonds. The van der Waals surface area contributed by atoms with E-state index in [0.29, 0.717) is 12.8 Å². The highest BCUT2D eigenvalue weighted by atomic mass is 32.2. The van der Waals surface area contributed by atoms with E-state index in [1.54, 1.807) is 18.2 Å². The predicted molar refractivity (Wildman–Crippen MR) is 78.1 cm³/mol. The van der Waals surface area contributed by atoms with Gasteiger partial charge in [-0.15, -0.1) is 0 Å². The van der Waals surface area contributed by atoms with Crippen LogP contribution in [0.15, 0.2) is 35.2 Å². The van der Waals surface area contributed by atoms with Crippen LogP contribution in [0, 0.1) is 0 Å². The van der Waals surface area contributed by atoms with E-state index >= 15 is 0 Å². The number of esters is 1. The van der Waals surface area contributed by atoms with E-state index in [-0.39, 0.29) is 11.4 Å². The van der Waals surface area contributed by atoms with Crippen molar-refractivity contribution in [3.8, 4) is 0 Å². The van der Waals surface area contributed by atoms with Crippen LogP contribution < -0.4 is 5.73 Å². The number of carbonyl (C=O) groups excluding carboxylic acids is 2. The van der Waals surface area contributed by atoms with Gasteiger partial charge < -0.3 is 10.5 Å². The van der Waals surface area contributed by atoms with Crippen LogP contribution in [0.5, 0.6) is 0 Å². The number of nitrogens with two attached hydrogens (primary N) is 1. The van der Waals surface area contributed by atoms with Crippen molar-refractivity contribution in [1.82, 2.24) is 4.31 Å². The number of nitrogens with zero attached hydrogens (tertiary/aromatic N) is 1. The van der Waals surface area contributed by atoms with Crippen LogP contribution in [0.3, 0.4) is 0 Å². The van der Waals surface area contributed by atoms with Crippen molar-refractivity contribution in [2.45, 2.75) is 30.2 Å². The van der Waals surface area contributed by atoms with E-state index in [0.717, 1.165) is 10.7 Å². The normalized spacial score (nSPS) is 19.5. The van der Waals surface area contributed by atoms with E-state index < -0.39 is 34.5 Å². The number of rotatable bonds is 5. The predicted octanol–water partition coefficient (Wildman–Crippen LogP) is 0.258. The number of ether oxygens (including phenoxy) is 1. The lowest BCUT2D eigenvalue weighted by Crippen LogP contribution is -2.48. The summed E-state index contributed by atoms with van der Waals surface area (Å²) >= 11 is 0. The fraction of sp³-hybridized carbons (Fsp3) is 0.429. The van der Waals surface area contributed by atoms with Crippen LogP contribution in [-0.2, 0) is 24.3 Å². The molecular weight excluding hydrogens is 308 g/mol. The fourth-order valence-corrected chi connectivity index (χ4v) is 4.06. The number of sulfonamides is 1. The van der Waals surface area contributed by atoms with Gasteiger partial charge in [0.1, 0.15) is 6.04 Å². The molecule has 2 N–H and O–H groups in total. The van der Waals surface area contributed by atoms with Gasteiger partial charge >= 0.3 is 5.97 Å². The average molecular weight is 326 g/mol. The molecule has 0 unspecified atom stereocenters.